The molecule has 2 aliphatic rings. The van der Waals surface area contributed by atoms with Gasteiger partial charge in [-0.25, -0.2) is 15.2 Å². The first-order valence-corrected chi connectivity index (χ1v) is 11.7. The normalized spacial score (nSPS) is 14.6. The fourth-order valence-corrected chi connectivity index (χ4v) is 5.28. The van der Waals surface area contributed by atoms with E-state index in [2.05, 4.69) is 16.1 Å². The van der Waals surface area contributed by atoms with E-state index in [-0.39, 0.29) is 0 Å². The van der Waals surface area contributed by atoms with Crippen LogP contribution in [0.5, 0.6) is 11.5 Å². The summed E-state index contributed by atoms with van der Waals surface area (Å²) >= 11 is 0. The standard InChI is InChI=1S/C27H28N4O4/c1-5-28-21-13-23-19(11-15(21)3)27(20-12-16(4)22(29-6-2)14-24(20)35-23)18-10-8-7-9-17(18)25(32)31(27)30-26(33)34/h7-14,28-30H,5-6H2,1-4H3,(H,33,34). The van der Waals surface area contributed by atoms with Crippen LogP contribution in [0.2, 0.25) is 0 Å². The van der Waals surface area contributed by atoms with Crippen molar-refractivity contribution >= 4 is 23.4 Å². The number of carbonyl (C=O) groups is 2. The summed E-state index contributed by atoms with van der Waals surface area (Å²) in [7, 11) is 0. The predicted octanol–water partition coefficient (Wildman–Crippen LogP) is 5.20. The van der Waals surface area contributed by atoms with Crippen LogP contribution < -0.4 is 20.8 Å². The van der Waals surface area contributed by atoms with Crippen molar-refractivity contribution in [3.8, 4) is 11.5 Å². The number of carbonyl (C=O) groups excluding carboxylic acids is 1. The van der Waals surface area contributed by atoms with Crippen LogP contribution in [-0.4, -0.2) is 35.2 Å². The van der Waals surface area contributed by atoms with Crippen LogP contribution in [0.3, 0.4) is 0 Å². The van der Waals surface area contributed by atoms with Crippen LogP contribution in [0.15, 0.2) is 48.5 Å². The molecule has 3 aromatic carbocycles. The van der Waals surface area contributed by atoms with Gasteiger partial charge in [-0.1, -0.05) is 18.2 Å². The lowest BCUT2D eigenvalue weighted by molar-refractivity contribution is 0.0502. The second kappa shape index (κ2) is 8.23. The van der Waals surface area contributed by atoms with Crippen molar-refractivity contribution in [3.63, 3.8) is 0 Å². The van der Waals surface area contributed by atoms with Crippen LogP contribution in [0, 0.1) is 13.8 Å². The van der Waals surface area contributed by atoms with E-state index in [4.69, 9.17) is 4.74 Å². The van der Waals surface area contributed by atoms with Crippen LogP contribution in [0.4, 0.5) is 16.2 Å². The van der Waals surface area contributed by atoms with Crippen LogP contribution in [-0.2, 0) is 5.54 Å². The van der Waals surface area contributed by atoms with Crippen molar-refractivity contribution < 1.29 is 19.4 Å². The lowest BCUT2D eigenvalue weighted by Crippen LogP contribution is -2.55. The minimum Gasteiger partial charge on any atom is -0.464 e. The van der Waals surface area contributed by atoms with Crippen molar-refractivity contribution in [1.82, 2.24) is 10.4 Å². The molecule has 0 fully saturated rings. The Balaban J connectivity index is 1.90. The number of hydrazine groups is 1. The van der Waals surface area contributed by atoms with Crippen molar-refractivity contribution in [1.29, 1.82) is 0 Å². The number of fused-ring (bicyclic) bond motifs is 6. The largest absolute Gasteiger partial charge is 0.464 e. The number of amides is 2. The number of nitrogens with one attached hydrogen (secondary N) is 3. The van der Waals surface area contributed by atoms with Crippen LogP contribution in [0.1, 0.15) is 52.0 Å². The fourth-order valence-electron chi connectivity index (χ4n) is 5.28. The molecule has 0 aliphatic carbocycles. The van der Waals surface area contributed by atoms with Gasteiger partial charge in [-0.3, -0.25) is 4.79 Å². The van der Waals surface area contributed by atoms with Gasteiger partial charge in [0.2, 0.25) is 0 Å². The monoisotopic (exact) mass is 472 g/mol. The lowest BCUT2D eigenvalue weighted by atomic mass is 9.74. The highest BCUT2D eigenvalue weighted by atomic mass is 16.5. The number of benzene rings is 3. The van der Waals surface area contributed by atoms with Crippen molar-refractivity contribution in [2.24, 2.45) is 0 Å². The van der Waals surface area contributed by atoms with Crippen LogP contribution in [0.25, 0.3) is 0 Å². The third-order valence-electron chi connectivity index (χ3n) is 6.68. The first-order valence-electron chi connectivity index (χ1n) is 11.7. The molecule has 2 amide bonds. The highest BCUT2D eigenvalue weighted by Gasteiger charge is 2.57. The number of carboxylic acid groups (broad SMARTS) is 1. The maximum atomic E-state index is 13.7. The average molecular weight is 473 g/mol. The zero-order valence-electron chi connectivity index (χ0n) is 20.2. The van der Waals surface area contributed by atoms with Gasteiger partial charge < -0.3 is 20.5 Å². The highest BCUT2D eigenvalue weighted by molar-refractivity contribution is 6.03. The van der Waals surface area contributed by atoms with Gasteiger partial charge in [-0.2, -0.15) is 0 Å². The topological polar surface area (TPSA) is 103 Å². The molecule has 5 rings (SSSR count). The number of hydrogen-bond donors (Lipinski definition) is 4. The Hall–Kier alpha value is -4.20. The molecule has 3 aromatic rings. The molecule has 0 unspecified atom stereocenters. The van der Waals surface area contributed by atoms with Crippen molar-refractivity contribution in [2.45, 2.75) is 33.2 Å². The smallest absolute Gasteiger partial charge is 0.423 e. The molecular formula is C27H28N4O4. The summed E-state index contributed by atoms with van der Waals surface area (Å²) in [6.45, 7) is 9.48. The summed E-state index contributed by atoms with van der Waals surface area (Å²) in [5.74, 6) is 0.711. The van der Waals surface area contributed by atoms with E-state index < -0.39 is 17.5 Å². The van der Waals surface area contributed by atoms with E-state index in [0.717, 1.165) is 35.6 Å². The van der Waals surface area contributed by atoms with E-state index in [9.17, 15) is 14.7 Å². The number of nitrogens with zero attached hydrogens (tertiary/aromatic N) is 1. The van der Waals surface area contributed by atoms with E-state index in [1.165, 1.54) is 5.01 Å². The number of hydrogen-bond acceptors (Lipinski definition) is 5. The molecule has 0 aromatic heterocycles. The number of rotatable bonds is 5. The molecule has 0 atom stereocenters. The first kappa shape index (κ1) is 22.6. The van der Waals surface area contributed by atoms with Crippen LogP contribution >= 0.6 is 0 Å². The fraction of sp³-hybridized carbons (Fsp3) is 0.259. The third-order valence-corrected chi connectivity index (χ3v) is 6.68. The Morgan fingerprint density at radius 1 is 0.914 bits per heavy atom. The zero-order valence-corrected chi connectivity index (χ0v) is 20.2. The van der Waals surface area contributed by atoms with Gasteiger partial charge in [0.25, 0.3) is 5.91 Å². The minimum absolute atomic E-state index is 0.413. The molecular weight excluding hydrogens is 444 g/mol. The molecule has 35 heavy (non-hydrogen) atoms. The van der Waals surface area contributed by atoms with Crippen molar-refractivity contribution in [3.05, 3.63) is 81.9 Å². The lowest BCUT2D eigenvalue weighted by Gasteiger charge is -2.44. The summed E-state index contributed by atoms with van der Waals surface area (Å²) in [4.78, 5) is 25.6. The Kier molecular flexibility index (Phi) is 5.31. The van der Waals surface area contributed by atoms with E-state index in [1.54, 1.807) is 12.1 Å². The Morgan fingerprint density at radius 2 is 1.46 bits per heavy atom. The SMILES string of the molecule is CCNc1cc2c(cc1C)C1(c3cc(C)c(NCC)cc3O2)c2ccccc2C(=O)N1NC(=O)O. The quantitative estimate of drug-likeness (QED) is 0.407. The number of anilines is 2. The number of ether oxygens (including phenoxy) is 1. The average Bonchev–Trinajstić information content (AvgIpc) is 3.06. The van der Waals surface area contributed by atoms with Gasteiger partial charge in [0.1, 0.15) is 17.0 Å². The minimum atomic E-state index is -1.32. The van der Waals surface area contributed by atoms with Gasteiger partial charge in [0, 0.05) is 58.9 Å². The van der Waals surface area contributed by atoms with E-state index >= 15 is 0 Å². The molecule has 0 radical (unpaired) electrons. The predicted molar refractivity (Wildman–Crippen MR) is 134 cm³/mol. The molecule has 0 saturated carbocycles. The second-order valence-corrected chi connectivity index (χ2v) is 8.80. The summed E-state index contributed by atoms with van der Waals surface area (Å²) in [5.41, 5.74) is 7.49. The van der Waals surface area contributed by atoms with Gasteiger partial charge in [-0.15, -0.1) is 0 Å². The molecule has 8 heteroatoms. The zero-order chi connectivity index (χ0) is 24.9. The molecule has 0 saturated heterocycles. The second-order valence-electron chi connectivity index (χ2n) is 8.80. The molecule has 180 valence electrons. The molecule has 1 spiro atoms. The molecule has 8 nitrogen and oxygen atoms in total. The molecule has 4 N–H and O–H groups in total. The van der Waals surface area contributed by atoms with Crippen molar-refractivity contribution in [2.75, 3.05) is 23.7 Å². The van der Waals surface area contributed by atoms with Gasteiger partial charge in [-0.05, 0) is 57.0 Å². The maximum absolute atomic E-state index is 13.7. The van der Waals surface area contributed by atoms with Gasteiger partial charge in [0.15, 0.2) is 0 Å². The first-order chi connectivity index (χ1) is 16.8. The van der Waals surface area contributed by atoms with E-state index in [1.807, 2.05) is 64.1 Å². The van der Waals surface area contributed by atoms with E-state index in [0.29, 0.717) is 33.8 Å². The Labute approximate surface area is 203 Å². The van der Waals surface area contributed by atoms with Gasteiger partial charge >= 0.3 is 6.09 Å². The summed E-state index contributed by atoms with van der Waals surface area (Å²) in [5, 5.41) is 17.7. The Bertz CT molecular complexity index is 1310. The number of aryl methyl sites for hydroxylation is 2. The molecule has 0 bridgehead atoms. The highest BCUT2D eigenvalue weighted by Crippen LogP contribution is 2.58. The summed E-state index contributed by atoms with van der Waals surface area (Å²) in [6.07, 6.45) is -1.32. The maximum Gasteiger partial charge on any atom is 0.423 e. The molecule has 2 heterocycles. The summed E-state index contributed by atoms with van der Waals surface area (Å²) in [6, 6.07) is 15.1. The molecule has 2 aliphatic heterocycles. The Morgan fingerprint density at radius 3 is 1.97 bits per heavy atom. The summed E-state index contributed by atoms with van der Waals surface area (Å²) < 4.78 is 6.46. The van der Waals surface area contributed by atoms with Gasteiger partial charge in [0.05, 0.1) is 0 Å². The third kappa shape index (κ3) is 3.20.